The summed E-state index contributed by atoms with van der Waals surface area (Å²) in [6.07, 6.45) is 1.88. The molecule has 0 aliphatic carbocycles. The van der Waals surface area contributed by atoms with Gasteiger partial charge in [-0.1, -0.05) is 59.9 Å². The molecule has 8 nitrogen and oxygen atoms in total. The number of methoxy groups -OCH3 is 1. The molecule has 1 unspecified atom stereocenters. The number of hydrogen-bond donors (Lipinski definition) is 1. The van der Waals surface area contributed by atoms with Crippen LogP contribution in [0.2, 0.25) is 0 Å². The van der Waals surface area contributed by atoms with Crippen LogP contribution in [0.3, 0.4) is 0 Å². The van der Waals surface area contributed by atoms with Crippen molar-refractivity contribution in [3.63, 3.8) is 0 Å². The highest BCUT2D eigenvalue weighted by Crippen LogP contribution is 2.32. The van der Waals surface area contributed by atoms with Gasteiger partial charge in [0.05, 0.1) is 40.3 Å². The summed E-state index contributed by atoms with van der Waals surface area (Å²) in [6.45, 7) is 5.74. The lowest BCUT2D eigenvalue weighted by atomic mass is 9.95. The van der Waals surface area contributed by atoms with Crippen LogP contribution in [0.5, 0.6) is 5.75 Å². The summed E-state index contributed by atoms with van der Waals surface area (Å²) >= 11 is 1.31. The van der Waals surface area contributed by atoms with E-state index in [1.165, 1.54) is 11.3 Å². The Morgan fingerprint density at radius 2 is 1.62 bits per heavy atom. The number of nitrogens with zero attached hydrogens (tertiary/aromatic N) is 4. The Hall–Kier alpha value is -5.02. The van der Waals surface area contributed by atoms with Crippen molar-refractivity contribution in [1.82, 2.24) is 14.3 Å². The predicted octanol–water partition coefficient (Wildman–Crippen LogP) is 4.69. The Morgan fingerprint density at radius 3 is 2.29 bits per heavy atom. The molecule has 3 aromatic carbocycles. The highest BCUT2D eigenvalue weighted by molar-refractivity contribution is 7.07. The molecule has 0 bridgehead atoms. The number of allylic oxidation sites excluding steroid dienone is 1. The number of nitrogens with one attached hydrogen (secondary N) is 1. The number of para-hydroxylation sites is 2. The normalized spacial score (nSPS) is 14.9. The first kappa shape index (κ1) is 27.2. The fourth-order valence-electron chi connectivity index (χ4n) is 5.25. The first-order valence-corrected chi connectivity index (χ1v) is 14.3. The van der Waals surface area contributed by atoms with E-state index in [4.69, 9.17) is 14.8 Å². The van der Waals surface area contributed by atoms with Crippen LogP contribution in [0.15, 0.2) is 106 Å². The molecule has 1 amide bonds. The number of benzene rings is 3. The second-order valence-electron chi connectivity index (χ2n) is 10.0. The zero-order valence-electron chi connectivity index (χ0n) is 23.7. The number of amides is 1. The van der Waals surface area contributed by atoms with Crippen LogP contribution < -0.4 is 24.9 Å². The third-order valence-corrected chi connectivity index (χ3v) is 8.34. The summed E-state index contributed by atoms with van der Waals surface area (Å²) in [6, 6.07) is 25.9. The van der Waals surface area contributed by atoms with E-state index >= 15 is 0 Å². The minimum absolute atomic E-state index is 0.219. The van der Waals surface area contributed by atoms with Crippen LogP contribution in [0, 0.1) is 13.8 Å². The maximum absolute atomic E-state index is 14.1. The maximum atomic E-state index is 14.1. The van der Waals surface area contributed by atoms with Gasteiger partial charge in [0, 0.05) is 16.9 Å². The number of aromatic nitrogens is 3. The standard InChI is InChI=1S/C33H29N5O3S/c1-20-27(22(3)38(36-20)25-13-9-6-10-14-25)19-28-32(40)37-30(23-15-17-26(41-4)18-16-23)29(21(2)34-33(37)42-28)31(39)35-24-11-7-5-8-12-24/h5-19,30H,1-4H3,(H,35,39)/b28-19+. The Balaban J connectivity index is 1.50. The molecule has 42 heavy (non-hydrogen) atoms. The Labute approximate surface area is 246 Å². The summed E-state index contributed by atoms with van der Waals surface area (Å²) in [5.74, 6) is 0.372. The number of thiazole rings is 1. The van der Waals surface area contributed by atoms with Crippen molar-refractivity contribution in [2.75, 3.05) is 12.4 Å². The summed E-state index contributed by atoms with van der Waals surface area (Å²) in [4.78, 5) is 33.2. The molecule has 0 radical (unpaired) electrons. The first-order chi connectivity index (χ1) is 20.4. The van der Waals surface area contributed by atoms with Gasteiger partial charge in [-0.25, -0.2) is 9.67 Å². The molecule has 5 aromatic rings. The van der Waals surface area contributed by atoms with Gasteiger partial charge in [0.2, 0.25) is 0 Å². The van der Waals surface area contributed by atoms with Crippen LogP contribution in [0.1, 0.15) is 35.5 Å². The molecular formula is C33H29N5O3S. The van der Waals surface area contributed by atoms with Gasteiger partial charge in [0.25, 0.3) is 11.5 Å². The zero-order chi connectivity index (χ0) is 29.4. The number of anilines is 1. The number of hydrogen-bond acceptors (Lipinski definition) is 6. The lowest BCUT2D eigenvalue weighted by Gasteiger charge is -2.25. The smallest absolute Gasteiger partial charge is 0.271 e. The lowest BCUT2D eigenvalue weighted by Crippen LogP contribution is -2.40. The van der Waals surface area contributed by atoms with E-state index in [1.807, 2.05) is 116 Å². The van der Waals surface area contributed by atoms with E-state index in [9.17, 15) is 9.59 Å². The van der Waals surface area contributed by atoms with Crippen molar-refractivity contribution in [2.24, 2.45) is 4.99 Å². The summed E-state index contributed by atoms with van der Waals surface area (Å²) in [5.41, 5.74) is 5.75. The SMILES string of the molecule is COc1ccc(C2C(C(=O)Nc3ccccc3)=C(C)N=c3s/c(=C/c4c(C)nn(-c5ccccc5)c4C)c(=O)n32)cc1. The van der Waals surface area contributed by atoms with Gasteiger partial charge in [-0.05, 0) is 68.8 Å². The van der Waals surface area contributed by atoms with Crippen LogP contribution >= 0.6 is 11.3 Å². The van der Waals surface area contributed by atoms with Gasteiger partial charge in [-0.15, -0.1) is 0 Å². The maximum Gasteiger partial charge on any atom is 0.271 e. The molecule has 0 spiro atoms. The molecule has 3 heterocycles. The van der Waals surface area contributed by atoms with Crippen molar-refractivity contribution in [1.29, 1.82) is 0 Å². The molecule has 2 aromatic heterocycles. The summed E-state index contributed by atoms with van der Waals surface area (Å²) in [5, 5.41) is 7.72. The lowest BCUT2D eigenvalue weighted by molar-refractivity contribution is -0.113. The van der Waals surface area contributed by atoms with Crippen molar-refractivity contribution < 1.29 is 9.53 Å². The van der Waals surface area contributed by atoms with E-state index in [0.717, 1.165) is 28.2 Å². The van der Waals surface area contributed by atoms with Crippen LogP contribution in [0.25, 0.3) is 11.8 Å². The van der Waals surface area contributed by atoms with Crippen molar-refractivity contribution in [3.8, 4) is 11.4 Å². The number of aryl methyl sites for hydroxylation is 1. The fraction of sp³-hybridized carbons (Fsp3) is 0.152. The van der Waals surface area contributed by atoms with Gasteiger partial charge in [-0.3, -0.25) is 14.2 Å². The van der Waals surface area contributed by atoms with Gasteiger partial charge in [-0.2, -0.15) is 5.10 Å². The van der Waals surface area contributed by atoms with Crippen LogP contribution in [0.4, 0.5) is 5.69 Å². The number of carbonyl (C=O) groups excluding carboxylic acids is 1. The second kappa shape index (κ2) is 11.1. The van der Waals surface area contributed by atoms with Crippen molar-refractivity contribution >= 4 is 29.0 Å². The summed E-state index contributed by atoms with van der Waals surface area (Å²) in [7, 11) is 1.60. The van der Waals surface area contributed by atoms with Crippen molar-refractivity contribution in [3.05, 3.63) is 138 Å². The Morgan fingerprint density at radius 1 is 0.952 bits per heavy atom. The van der Waals surface area contributed by atoms with Crippen LogP contribution in [-0.2, 0) is 4.79 Å². The third kappa shape index (κ3) is 4.88. The number of fused-ring (bicyclic) bond motifs is 1. The van der Waals surface area contributed by atoms with Crippen molar-refractivity contribution in [2.45, 2.75) is 26.8 Å². The Kier molecular flexibility index (Phi) is 7.18. The molecule has 1 aliphatic rings. The predicted molar refractivity (Wildman–Crippen MR) is 165 cm³/mol. The number of carbonyl (C=O) groups is 1. The van der Waals surface area contributed by atoms with Gasteiger partial charge >= 0.3 is 0 Å². The third-order valence-electron chi connectivity index (χ3n) is 7.35. The van der Waals surface area contributed by atoms with Gasteiger partial charge < -0.3 is 10.1 Å². The number of ether oxygens (including phenoxy) is 1. The zero-order valence-corrected chi connectivity index (χ0v) is 24.5. The van der Waals surface area contributed by atoms with E-state index in [1.54, 1.807) is 11.7 Å². The minimum atomic E-state index is -0.674. The van der Waals surface area contributed by atoms with Crippen LogP contribution in [-0.4, -0.2) is 27.4 Å². The first-order valence-electron chi connectivity index (χ1n) is 13.5. The van der Waals surface area contributed by atoms with E-state index in [2.05, 4.69) is 5.32 Å². The van der Waals surface area contributed by atoms with E-state index < -0.39 is 6.04 Å². The average molecular weight is 576 g/mol. The monoisotopic (exact) mass is 575 g/mol. The molecule has 9 heteroatoms. The fourth-order valence-corrected chi connectivity index (χ4v) is 6.28. The molecule has 0 saturated heterocycles. The highest BCUT2D eigenvalue weighted by Gasteiger charge is 2.32. The topological polar surface area (TPSA) is 90.5 Å². The minimum Gasteiger partial charge on any atom is -0.497 e. The molecule has 6 rings (SSSR count). The molecule has 1 N–H and O–H groups in total. The number of rotatable bonds is 6. The molecule has 0 saturated carbocycles. The molecule has 210 valence electrons. The Bertz CT molecular complexity index is 2000. The van der Waals surface area contributed by atoms with E-state index in [-0.39, 0.29) is 11.5 Å². The van der Waals surface area contributed by atoms with E-state index in [0.29, 0.717) is 32.0 Å². The molecule has 1 atom stereocenters. The van der Waals surface area contributed by atoms with Gasteiger partial charge in [0.15, 0.2) is 4.80 Å². The molecule has 1 aliphatic heterocycles. The molecular weight excluding hydrogens is 546 g/mol. The summed E-state index contributed by atoms with van der Waals surface area (Å²) < 4.78 is 9.38. The quantitative estimate of drug-likeness (QED) is 0.318. The average Bonchev–Trinajstić information content (AvgIpc) is 3.47. The van der Waals surface area contributed by atoms with Gasteiger partial charge in [0.1, 0.15) is 5.75 Å². The highest BCUT2D eigenvalue weighted by atomic mass is 32.1. The molecule has 0 fully saturated rings. The second-order valence-corrected chi connectivity index (χ2v) is 11.0. The largest absolute Gasteiger partial charge is 0.497 e.